The number of hydrogen-bond acceptors (Lipinski definition) is 2. The van der Waals surface area contributed by atoms with Crippen LogP contribution in [0.5, 0.6) is 0 Å². The predicted octanol–water partition coefficient (Wildman–Crippen LogP) is 5.96. The van der Waals surface area contributed by atoms with Crippen LogP contribution in [0.1, 0.15) is 33.5 Å². The number of nitrogens with zero attached hydrogens (tertiary/aromatic N) is 1. The number of halogens is 1. The normalized spacial score (nSPS) is 13.1. The number of hydrogen-bond donors (Lipinski definition) is 1. The number of nitrogens with one attached hydrogen (secondary N) is 1. The second-order valence-corrected chi connectivity index (χ2v) is 8.12. The van der Waals surface area contributed by atoms with Crippen molar-refractivity contribution in [1.82, 2.24) is 0 Å². The number of fused-ring (bicyclic) bond motifs is 1. The molecule has 0 bridgehead atoms. The predicted molar refractivity (Wildman–Crippen MR) is 119 cm³/mol. The molecule has 0 aliphatic carbocycles. The van der Waals surface area contributed by atoms with Crippen LogP contribution in [-0.2, 0) is 13.0 Å². The SMILES string of the molecule is Cc1cc(NC(=O)c2ccc(CN3CCCc4ccccc43)cc2)ccc1Br. The van der Waals surface area contributed by atoms with Gasteiger partial charge in [0.25, 0.3) is 5.91 Å². The number of carbonyl (C=O) groups is 1. The maximum Gasteiger partial charge on any atom is 0.255 e. The number of rotatable bonds is 4. The molecule has 3 nitrogen and oxygen atoms in total. The first-order valence-electron chi connectivity index (χ1n) is 9.59. The van der Waals surface area contributed by atoms with Crippen molar-refractivity contribution >= 4 is 33.2 Å². The number of anilines is 2. The van der Waals surface area contributed by atoms with E-state index in [2.05, 4.69) is 62.5 Å². The van der Waals surface area contributed by atoms with Crippen LogP contribution < -0.4 is 10.2 Å². The zero-order valence-corrected chi connectivity index (χ0v) is 17.5. The summed E-state index contributed by atoms with van der Waals surface area (Å²) in [7, 11) is 0. The van der Waals surface area contributed by atoms with Gasteiger partial charge in [-0.2, -0.15) is 0 Å². The highest BCUT2D eigenvalue weighted by Crippen LogP contribution is 2.28. The van der Waals surface area contributed by atoms with Gasteiger partial charge in [0.15, 0.2) is 0 Å². The minimum Gasteiger partial charge on any atom is -0.367 e. The smallest absolute Gasteiger partial charge is 0.255 e. The van der Waals surface area contributed by atoms with Crippen molar-refractivity contribution in [2.75, 3.05) is 16.8 Å². The van der Waals surface area contributed by atoms with E-state index in [0.29, 0.717) is 5.56 Å². The number of carbonyl (C=O) groups excluding carboxylic acids is 1. The van der Waals surface area contributed by atoms with E-state index in [0.717, 1.165) is 35.2 Å². The van der Waals surface area contributed by atoms with E-state index in [1.807, 2.05) is 37.3 Å². The molecule has 4 rings (SSSR count). The summed E-state index contributed by atoms with van der Waals surface area (Å²) in [6.07, 6.45) is 2.34. The highest BCUT2D eigenvalue weighted by Gasteiger charge is 2.16. The molecular formula is C24H23BrN2O. The molecule has 0 fully saturated rings. The molecule has 3 aromatic rings. The molecule has 4 heteroatoms. The Balaban J connectivity index is 1.44. The first kappa shape index (κ1) is 18.8. The fourth-order valence-electron chi connectivity index (χ4n) is 3.68. The first-order valence-corrected chi connectivity index (χ1v) is 10.4. The Morgan fingerprint density at radius 1 is 1.07 bits per heavy atom. The minimum atomic E-state index is -0.0865. The molecule has 1 amide bonds. The van der Waals surface area contributed by atoms with Gasteiger partial charge >= 0.3 is 0 Å². The number of aryl methyl sites for hydroxylation is 2. The van der Waals surface area contributed by atoms with Crippen molar-refractivity contribution in [2.45, 2.75) is 26.3 Å². The molecule has 0 spiro atoms. The lowest BCUT2D eigenvalue weighted by atomic mass is 10.0. The zero-order chi connectivity index (χ0) is 19.5. The van der Waals surface area contributed by atoms with Crippen LogP contribution in [0.3, 0.4) is 0 Å². The van der Waals surface area contributed by atoms with Gasteiger partial charge in [-0.25, -0.2) is 0 Å². The lowest BCUT2D eigenvalue weighted by Gasteiger charge is -2.31. The Morgan fingerprint density at radius 3 is 2.64 bits per heavy atom. The average molecular weight is 435 g/mol. The van der Waals surface area contributed by atoms with Crippen molar-refractivity contribution < 1.29 is 4.79 Å². The highest BCUT2D eigenvalue weighted by atomic mass is 79.9. The molecule has 3 aromatic carbocycles. The van der Waals surface area contributed by atoms with Gasteiger partial charge in [0.05, 0.1) is 0 Å². The van der Waals surface area contributed by atoms with Crippen molar-refractivity contribution in [3.05, 3.63) is 93.5 Å². The molecule has 1 N–H and O–H groups in total. The van der Waals surface area contributed by atoms with Crippen molar-refractivity contribution in [1.29, 1.82) is 0 Å². The Kier molecular flexibility index (Phi) is 5.49. The van der Waals surface area contributed by atoms with Gasteiger partial charge in [0.1, 0.15) is 0 Å². The topological polar surface area (TPSA) is 32.3 Å². The Labute approximate surface area is 174 Å². The molecule has 0 atom stereocenters. The Hall–Kier alpha value is -2.59. The lowest BCUT2D eigenvalue weighted by molar-refractivity contribution is 0.102. The van der Waals surface area contributed by atoms with Gasteiger partial charge in [-0.3, -0.25) is 4.79 Å². The quantitative estimate of drug-likeness (QED) is 0.548. The first-order chi connectivity index (χ1) is 13.6. The second kappa shape index (κ2) is 8.19. The fourth-order valence-corrected chi connectivity index (χ4v) is 3.93. The van der Waals surface area contributed by atoms with Crippen molar-refractivity contribution in [3.63, 3.8) is 0 Å². The van der Waals surface area contributed by atoms with E-state index in [1.54, 1.807) is 0 Å². The molecular weight excluding hydrogens is 412 g/mol. The number of para-hydroxylation sites is 1. The zero-order valence-electron chi connectivity index (χ0n) is 15.9. The summed E-state index contributed by atoms with van der Waals surface area (Å²) in [6, 6.07) is 22.4. The molecule has 142 valence electrons. The van der Waals surface area contributed by atoms with Gasteiger partial charge in [0.2, 0.25) is 0 Å². The summed E-state index contributed by atoms with van der Waals surface area (Å²) in [5.41, 5.74) is 6.54. The monoisotopic (exact) mass is 434 g/mol. The molecule has 0 saturated carbocycles. The minimum absolute atomic E-state index is 0.0865. The van der Waals surface area contributed by atoms with E-state index in [4.69, 9.17) is 0 Å². The molecule has 1 heterocycles. The molecule has 0 aromatic heterocycles. The second-order valence-electron chi connectivity index (χ2n) is 7.27. The van der Waals surface area contributed by atoms with E-state index in [-0.39, 0.29) is 5.91 Å². The van der Waals surface area contributed by atoms with Gasteiger partial charge in [-0.1, -0.05) is 46.3 Å². The maximum atomic E-state index is 12.5. The summed E-state index contributed by atoms with van der Waals surface area (Å²) in [5.74, 6) is -0.0865. The van der Waals surface area contributed by atoms with Gasteiger partial charge in [0, 0.05) is 34.5 Å². The van der Waals surface area contributed by atoms with Crippen LogP contribution in [0.25, 0.3) is 0 Å². The van der Waals surface area contributed by atoms with E-state index in [1.165, 1.54) is 23.2 Å². The van der Waals surface area contributed by atoms with E-state index in [9.17, 15) is 4.79 Å². The van der Waals surface area contributed by atoms with Gasteiger partial charge < -0.3 is 10.2 Å². The standard InChI is InChI=1S/C24H23BrN2O/c1-17-15-21(12-13-22(17)25)26-24(28)20-10-8-18(9-11-20)16-27-14-4-6-19-5-2-3-7-23(19)27/h2-3,5,7-13,15H,4,6,14,16H2,1H3,(H,26,28). The average Bonchev–Trinajstić information content (AvgIpc) is 2.71. The Bertz CT molecular complexity index is 998. The van der Waals surface area contributed by atoms with Gasteiger partial charge in [-0.15, -0.1) is 0 Å². The van der Waals surface area contributed by atoms with E-state index < -0.39 is 0 Å². The highest BCUT2D eigenvalue weighted by molar-refractivity contribution is 9.10. The van der Waals surface area contributed by atoms with Crippen LogP contribution >= 0.6 is 15.9 Å². The van der Waals surface area contributed by atoms with Crippen LogP contribution in [0.4, 0.5) is 11.4 Å². The number of amides is 1. The molecule has 0 radical (unpaired) electrons. The summed E-state index contributed by atoms with van der Waals surface area (Å²) < 4.78 is 1.04. The third kappa shape index (κ3) is 4.12. The van der Waals surface area contributed by atoms with Crippen LogP contribution in [0.15, 0.2) is 71.2 Å². The molecule has 0 unspecified atom stereocenters. The lowest BCUT2D eigenvalue weighted by Crippen LogP contribution is -2.28. The van der Waals surface area contributed by atoms with Crippen LogP contribution in [0, 0.1) is 6.92 Å². The van der Waals surface area contributed by atoms with E-state index >= 15 is 0 Å². The van der Waals surface area contributed by atoms with Crippen molar-refractivity contribution in [2.24, 2.45) is 0 Å². The van der Waals surface area contributed by atoms with Crippen molar-refractivity contribution in [3.8, 4) is 0 Å². The van der Waals surface area contributed by atoms with Gasteiger partial charge in [-0.05, 0) is 72.9 Å². The fraction of sp³-hybridized carbons (Fsp3) is 0.208. The maximum absolute atomic E-state index is 12.5. The summed E-state index contributed by atoms with van der Waals surface area (Å²) in [6.45, 7) is 3.94. The Morgan fingerprint density at radius 2 is 1.86 bits per heavy atom. The molecule has 28 heavy (non-hydrogen) atoms. The summed E-state index contributed by atoms with van der Waals surface area (Å²) in [5, 5.41) is 2.97. The van der Waals surface area contributed by atoms with Crippen LogP contribution in [0.2, 0.25) is 0 Å². The molecule has 1 aliphatic heterocycles. The number of benzene rings is 3. The van der Waals surface area contributed by atoms with Crippen LogP contribution in [-0.4, -0.2) is 12.5 Å². The molecule has 0 saturated heterocycles. The summed E-state index contributed by atoms with van der Waals surface area (Å²) >= 11 is 3.48. The molecule has 1 aliphatic rings. The third-order valence-electron chi connectivity index (χ3n) is 5.21. The third-order valence-corrected chi connectivity index (χ3v) is 6.10. The summed E-state index contributed by atoms with van der Waals surface area (Å²) in [4.78, 5) is 15.0. The largest absolute Gasteiger partial charge is 0.367 e.